The fourth-order valence-corrected chi connectivity index (χ4v) is 2.73. The zero-order valence-corrected chi connectivity index (χ0v) is 9.90. The number of benzene rings is 1. The Labute approximate surface area is 94.9 Å². The van der Waals surface area contributed by atoms with Crippen LogP contribution in [0.15, 0.2) is 12.1 Å². The molecule has 0 saturated heterocycles. The van der Waals surface area contributed by atoms with Crippen LogP contribution in [0.25, 0.3) is 0 Å². The molecule has 1 aliphatic rings. The fourth-order valence-electron chi connectivity index (χ4n) is 2.73. The first kappa shape index (κ1) is 11.5. The van der Waals surface area contributed by atoms with Gasteiger partial charge in [0.15, 0.2) is 0 Å². The van der Waals surface area contributed by atoms with E-state index in [0.717, 1.165) is 13.0 Å². The lowest BCUT2D eigenvalue weighted by Crippen LogP contribution is -2.21. The number of halogens is 2. The van der Waals surface area contributed by atoms with Crippen LogP contribution >= 0.6 is 0 Å². The van der Waals surface area contributed by atoms with Gasteiger partial charge in [0, 0.05) is 17.2 Å². The molecule has 0 amide bonds. The maximum atomic E-state index is 13.8. The Bertz CT molecular complexity index is 413. The molecule has 1 atom stereocenters. The van der Waals surface area contributed by atoms with Crippen LogP contribution in [0.5, 0.6) is 0 Å². The lowest BCUT2D eigenvalue weighted by Gasteiger charge is -2.19. The van der Waals surface area contributed by atoms with Gasteiger partial charge in [-0.15, -0.1) is 0 Å². The van der Waals surface area contributed by atoms with Crippen molar-refractivity contribution in [1.82, 2.24) is 5.32 Å². The molecule has 1 nitrogen and oxygen atoms in total. The van der Waals surface area contributed by atoms with Gasteiger partial charge < -0.3 is 5.32 Å². The Morgan fingerprint density at radius 2 is 1.94 bits per heavy atom. The van der Waals surface area contributed by atoms with E-state index in [2.05, 4.69) is 5.32 Å². The smallest absolute Gasteiger partial charge is 0.128 e. The molecule has 0 saturated carbocycles. The van der Waals surface area contributed by atoms with Gasteiger partial charge in [-0.05, 0) is 30.5 Å². The molecule has 0 heterocycles. The molecular formula is C13H17F2N. The summed E-state index contributed by atoms with van der Waals surface area (Å²) < 4.78 is 27.6. The van der Waals surface area contributed by atoms with Gasteiger partial charge in [0.2, 0.25) is 0 Å². The van der Waals surface area contributed by atoms with E-state index in [1.165, 1.54) is 12.1 Å². The summed E-state index contributed by atoms with van der Waals surface area (Å²) in [5, 5.41) is 3.22. The molecule has 0 spiro atoms. The van der Waals surface area contributed by atoms with Crippen molar-refractivity contribution in [2.45, 2.75) is 38.6 Å². The summed E-state index contributed by atoms with van der Waals surface area (Å²) >= 11 is 0. The van der Waals surface area contributed by atoms with Crippen LogP contribution in [0.3, 0.4) is 0 Å². The Morgan fingerprint density at radius 1 is 1.31 bits per heavy atom. The Kier molecular flexibility index (Phi) is 2.74. The van der Waals surface area contributed by atoms with Crippen molar-refractivity contribution in [2.75, 3.05) is 6.54 Å². The Morgan fingerprint density at radius 3 is 2.56 bits per heavy atom. The zero-order valence-electron chi connectivity index (χ0n) is 9.90. The van der Waals surface area contributed by atoms with Crippen LogP contribution in [-0.2, 0) is 5.41 Å². The number of hydrogen-bond donors (Lipinski definition) is 1. The largest absolute Gasteiger partial charge is 0.310 e. The fraction of sp³-hybridized carbons (Fsp3) is 0.538. The van der Waals surface area contributed by atoms with Gasteiger partial charge in [-0.3, -0.25) is 0 Å². The summed E-state index contributed by atoms with van der Waals surface area (Å²) in [4.78, 5) is 0. The molecule has 0 radical (unpaired) electrons. The minimum absolute atomic E-state index is 0.0642. The second-order valence-corrected chi connectivity index (χ2v) is 5.02. The van der Waals surface area contributed by atoms with Gasteiger partial charge in [-0.1, -0.05) is 20.8 Å². The lowest BCUT2D eigenvalue weighted by molar-refractivity contribution is 0.422. The van der Waals surface area contributed by atoms with E-state index in [-0.39, 0.29) is 23.1 Å². The number of hydrogen-bond acceptors (Lipinski definition) is 1. The van der Waals surface area contributed by atoms with E-state index in [0.29, 0.717) is 11.1 Å². The maximum absolute atomic E-state index is 13.8. The topological polar surface area (TPSA) is 12.0 Å². The highest BCUT2D eigenvalue weighted by molar-refractivity contribution is 5.43. The average Bonchev–Trinajstić information content (AvgIpc) is 2.46. The van der Waals surface area contributed by atoms with Crippen LogP contribution in [0, 0.1) is 11.6 Å². The van der Waals surface area contributed by atoms with Crippen molar-refractivity contribution in [3.8, 4) is 0 Å². The third kappa shape index (κ3) is 1.63. The quantitative estimate of drug-likeness (QED) is 0.814. The molecule has 1 aliphatic carbocycles. The first-order valence-electron chi connectivity index (χ1n) is 5.69. The lowest BCUT2D eigenvalue weighted by atomic mass is 9.86. The van der Waals surface area contributed by atoms with Crippen molar-refractivity contribution in [1.29, 1.82) is 0 Å². The molecule has 88 valence electrons. The molecule has 0 fully saturated rings. The van der Waals surface area contributed by atoms with Crippen molar-refractivity contribution in [3.05, 3.63) is 34.9 Å². The normalized spacial score (nSPS) is 22.2. The Hall–Kier alpha value is -0.960. The van der Waals surface area contributed by atoms with Gasteiger partial charge in [0.05, 0.1) is 0 Å². The predicted molar refractivity (Wildman–Crippen MR) is 60.4 cm³/mol. The van der Waals surface area contributed by atoms with Gasteiger partial charge in [0.1, 0.15) is 11.6 Å². The predicted octanol–water partition coefficient (Wildman–Crippen LogP) is 3.30. The van der Waals surface area contributed by atoms with E-state index >= 15 is 0 Å². The number of fused-ring (bicyclic) bond motifs is 1. The number of rotatable bonds is 2. The van der Waals surface area contributed by atoms with Gasteiger partial charge in [-0.25, -0.2) is 8.78 Å². The van der Waals surface area contributed by atoms with Crippen molar-refractivity contribution >= 4 is 0 Å². The molecule has 16 heavy (non-hydrogen) atoms. The second kappa shape index (κ2) is 3.81. The first-order valence-corrected chi connectivity index (χ1v) is 5.69. The summed E-state index contributed by atoms with van der Waals surface area (Å²) in [5.41, 5.74) is 0.763. The molecule has 0 aromatic heterocycles. The molecule has 1 N–H and O–H groups in total. The third-order valence-electron chi connectivity index (χ3n) is 3.33. The summed E-state index contributed by atoms with van der Waals surface area (Å²) in [6.45, 7) is 6.66. The zero-order chi connectivity index (χ0) is 11.9. The van der Waals surface area contributed by atoms with Crippen LogP contribution in [-0.4, -0.2) is 6.54 Å². The van der Waals surface area contributed by atoms with Crippen molar-refractivity contribution in [3.63, 3.8) is 0 Å². The van der Waals surface area contributed by atoms with E-state index in [1.807, 2.05) is 20.8 Å². The van der Waals surface area contributed by atoms with Gasteiger partial charge >= 0.3 is 0 Å². The molecule has 0 aliphatic heterocycles. The molecule has 1 aromatic rings. The number of nitrogens with one attached hydrogen (secondary N) is 1. The SMILES string of the molecule is CCNC1CC(C)(C)c2c(F)ccc(F)c21. The van der Waals surface area contributed by atoms with Crippen LogP contribution in [0.1, 0.15) is 44.4 Å². The van der Waals surface area contributed by atoms with E-state index < -0.39 is 0 Å². The molecule has 2 rings (SSSR count). The highest BCUT2D eigenvalue weighted by atomic mass is 19.1. The molecule has 1 aromatic carbocycles. The van der Waals surface area contributed by atoms with Crippen molar-refractivity contribution < 1.29 is 8.78 Å². The summed E-state index contributed by atoms with van der Waals surface area (Å²) in [5.74, 6) is -0.588. The van der Waals surface area contributed by atoms with Crippen LogP contribution in [0.2, 0.25) is 0 Å². The average molecular weight is 225 g/mol. The first-order chi connectivity index (χ1) is 7.47. The van der Waals surface area contributed by atoms with E-state index in [1.54, 1.807) is 0 Å². The minimum Gasteiger partial charge on any atom is -0.310 e. The highest BCUT2D eigenvalue weighted by Gasteiger charge is 2.40. The van der Waals surface area contributed by atoms with E-state index in [9.17, 15) is 8.78 Å². The van der Waals surface area contributed by atoms with Gasteiger partial charge in [0.25, 0.3) is 0 Å². The standard InChI is InChI=1S/C13H17F2N/c1-4-16-10-7-13(2,3)12-9(15)6-5-8(14)11(10)12/h5-6,10,16H,4,7H2,1-3H3. The summed E-state index contributed by atoms with van der Waals surface area (Å²) in [6, 6.07) is 2.38. The van der Waals surface area contributed by atoms with Gasteiger partial charge in [-0.2, -0.15) is 0 Å². The van der Waals surface area contributed by atoms with Crippen molar-refractivity contribution in [2.24, 2.45) is 0 Å². The highest BCUT2D eigenvalue weighted by Crippen LogP contribution is 2.46. The van der Waals surface area contributed by atoms with Crippen LogP contribution in [0.4, 0.5) is 8.78 Å². The molecule has 0 bridgehead atoms. The van der Waals surface area contributed by atoms with E-state index in [4.69, 9.17) is 0 Å². The molecule has 1 unspecified atom stereocenters. The summed E-state index contributed by atoms with van der Waals surface area (Å²) in [7, 11) is 0. The molecular weight excluding hydrogens is 208 g/mol. The summed E-state index contributed by atoms with van der Waals surface area (Å²) in [6.07, 6.45) is 0.744. The Balaban J connectivity index is 2.58. The monoisotopic (exact) mass is 225 g/mol. The second-order valence-electron chi connectivity index (χ2n) is 5.02. The minimum atomic E-state index is -0.298. The molecule has 3 heteroatoms. The maximum Gasteiger partial charge on any atom is 0.128 e. The third-order valence-corrected chi connectivity index (χ3v) is 3.33. The van der Waals surface area contributed by atoms with Crippen LogP contribution < -0.4 is 5.32 Å².